The summed E-state index contributed by atoms with van der Waals surface area (Å²) in [4.78, 5) is 2.49. The molecule has 2 heterocycles. The normalized spacial score (nSPS) is 11.7. The van der Waals surface area contributed by atoms with Gasteiger partial charge < -0.3 is 9.47 Å². The van der Waals surface area contributed by atoms with Gasteiger partial charge >= 0.3 is 0 Å². The van der Waals surface area contributed by atoms with E-state index in [4.69, 9.17) is 0 Å². The fourth-order valence-corrected chi connectivity index (χ4v) is 10.6. The van der Waals surface area contributed by atoms with Crippen molar-refractivity contribution in [3.05, 3.63) is 218 Å². The van der Waals surface area contributed by atoms with Crippen LogP contribution in [-0.4, -0.2) is 4.57 Å². The molecule has 0 aliphatic heterocycles. The van der Waals surface area contributed by atoms with Crippen LogP contribution in [0.1, 0.15) is 0 Å². The molecule has 0 aliphatic carbocycles. The number of nitrogens with zero attached hydrogens (tertiary/aromatic N) is 2. The van der Waals surface area contributed by atoms with Gasteiger partial charge in [0.25, 0.3) is 0 Å². The Hall–Kier alpha value is -7.46. The second-order valence-electron chi connectivity index (χ2n) is 15.2. The van der Waals surface area contributed by atoms with E-state index in [2.05, 4.69) is 228 Å². The summed E-state index contributed by atoms with van der Waals surface area (Å²) in [5, 5.41) is 9.98. The molecule has 0 radical (unpaired) electrons. The van der Waals surface area contributed by atoms with Gasteiger partial charge in [-0.05, 0) is 64.2 Å². The highest BCUT2D eigenvalue weighted by Crippen LogP contribution is 2.48. The highest BCUT2D eigenvalue weighted by Gasteiger charge is 2.23. The van der Waals surface area contributed by atoms with Crippen molar-refractivity contribution in [1.29, 1.82) is 0 Å². The highest BCUT2D eigenvalue weighted by atomic mass is 32.1. The lowest BCUT2D eigenvalue weighted by Gasteiger charge is -2.30. The molecule has 12 aromatic rings. The molecule has 2 nitrogen and oxygen atoms in total. The zero-order valence-electron chi connectivity index (χ0n) is 32.1. The number of hydrogen-bond donors (Lipinski definition) is 0. The van der Waals surface area contributed by atoms with E-state index in [9.17, 15) is 0 Å². The second-order valence-corrected chi connectivity index (χ2v) is 16.3. The molecule has 0 spiro atoms. The van der Waals surface area contributed by atoms with Gasteiger partial charge in [0.2, 0.25) is 0 Å². The molecule has 0 saturated carbocycles. The maximum Gasteiger partial charge on any atom is 0.0562 e. The average molecular weight is 769 g/mol. The van der Waals surface area contributed by atoms with E-state index in [1.54, 1.807) is 0 Å². The molecular formula is C56H36N2S. The van der Waals surface area contributed by atoms with Gasteiger partial charge in [-0.3, -0.25) is 0 Å². The molecule has 0 fully saturated rings. The van der Waals surface area contributed by atoms with Gasteiger partial charge in [-0.25, -0.2) is 0 Å². The Balaban J connectivity index is 1.16. The van der Waals surface area contributed by atoms with Crippen LogP contribution >= 0.6 is 11.3 Å². The summed E-state index contributed by atoms with van der Waals surface area (Å²) in [6.07, 6.45) is 0. The van der Waals surface area contributed by atoms with Gasteiger partial charge in [0.1, 0.15) is 0 Å². The lowest BCUT2D eigenvalue weighted by atomic mass is 9.97. The van der Waals surface area contributed by atoms with Crippen LogP contribution in [0.15, 0.2) is 218 Å². The number of hydrogen-bond acceptors (Lipinski definition) is 2. The van der Waals surface area contributed by atoms with Gasteiger partial charge in [0.15, 0.2) is 0 Å². The molecule has 59 heavy (non-hydrogen) atoms. The van der Waals surface area contributed by atoms with E-state index in [0.29, 0.717) is 0 Å². The molecule has 0 saturated heterocycles. The zero-order valence-corrected chi connectivity index (χ0v) is 32.9. The van der Waals surface area contributed by atoms with Gasteiger partial charge in [-0.2, -0.15) is 0 Å². The summed E-state index contributed by atoms with van der Waals surface area (Å²) >= 11 is 1.88. The Bertz CT molecular complexity index is 3580. The lowest BCUT2D eigenvalue weighted by Crippen LogP contribution is -2.12. The molecule has 0 aliphatic rings. The minimum absolute atomic E-state index is 1.09. The van der Waals surface area contributed by atoms with Crippen molar-refractivity contribution in [2.45, 2.75) is 0 Å². The monoisotopic (exact) mass is 768 g/mol. The maximum absolute atomic E-state index is 2.50. The lowest BCUT2D eigenvalue weighted by molar-refractivity contribution is 1.18. The van der Waals surface area contributed by atoms with Crippen molar-refractivity contribution in [2.24, 2.45) is 0 Å². The summed E-state index contributed by atoms with van der Waals surface area (Å²) in [6, 6.07) is 80.0. The predicted octanol–water partition coefficient (Wildman–Crippen LogP) is 16.3. The van der Waals surface area contributed by atoms with E-state index < -0.39 is 0 Å². The third-order valence-corrected chi connectivity index (χ3v) is 13.2. The van der Waals surface area contributed by atoms with Crippen LogP contribution in [0.5, 0.6) is 0 Å². The molecule has 0 amide bonds. The maximum atomic E-state index is 2.50. The SMILES string of the molecule is c1ccc(-c2ccccc2N(c2ccc3c4ccccc4n(-c4ccccc4-c4cccc5c4sc4ccccc45)c3c2)c2cc3ccccc3c3ccccc23)cc1. The molecule has 0 unspecified atom stereocenters. The predicted molar refractivity (Wildman–Crippen MR) is 254 cm³/mol. The molecule has 3 heteroatoms. The molecule has 0 bridgehead atoms. The van der Waals surface area contributed by atoms with Gasteiger partial charge in [0, 0.05) is 58.7 Å². The minimum Gasteiger partial charge on any atom is -0.309 e. The molecule has 2 aromatic heterocycles. The van der Waals surface area contributed by atoms with Crippen LogP contribution in [0.4, 0.5) is 17.1 Å². The summed E-state index contributed by atoms with van der Waals surface area (Å²) in [7, 11) is 0. The van der Waals surface area contributed by atoms with Crippen molar-refractivity contribution in [1.82, 2.24) is 4.57 Å². The third-order valence-electron chi connectivity index (χ3n) is 12.0. The first-order chi connectivity index (χ1) is 29.3. The van der Waals surface area contributed by atoms with Crippen molar-refractivity contribution in [3.8, 4) is 27.9 Å². The Labute approximate surface area is 346 Å². The van der Waals surface area contributed by atoms with Crippen LogP contribution in [-0.2, 0) is 0 Å². The molecular weight excluding hydrogens is 733 g/mol. The first-order valence-corrected chi connectivity index (χ1v) is 21.0. The molecule has 0 atom stereocenters. The smallest absolute Gasteiger partial charge is 0.0562 e. The highest BCUT2D eigenvalue weighted by molar-refractivity contribution is 7.26. The van der Waals surface area contributed by atoms with Gasteiger partial charge in [-0.15, -0.1) is 11.3 Å². The van der Waals surface area contributed by atoms with E-state index in [0.717, 1.165) is 28.3 Å². The fourth-order valence-electron chi connectivity index (χ4n) is 9.37. The quantitative estimate of drug-likeness (QED) is 0.153. The van der Waals surface area contributed by atoms with Crippen LogP contribution in [0.3, 0.4) is 0 Å². The van der Waals surface area contributed by atoms with Crippen LogP contribution in [0, 0.1) is 0 Å². The standard InChI is InChI=1S/C56H36N2S/c1-2-17-37(18-3-1)41-21-8-12-29-50(41)57(53-35-38-19-4-5-20-40(38)42-22-6-7-23-43(42)53)39-33-34-46-44-24-9-13-30-51(44)58(54(46)36-39)52-31-14-10-25-45(52)48-27-16-28-49-47-26-11-15-32-55(47)59-56(48)49/h1-36H. The first-order valence-electron chi connectivity index (χ1n) is 20.2. The van der Waals surface area contributed by atoms with E-state index >= 15 is 0 Å². The first kappa shape index (κ1) is 33.7. The Morgan fingerprint density at radius 1 is 0.356 bits per heavy atom. The summed E-state index contributed by atoms with van der Waals surface area (Å²) in [6.45, 7) is 0. The van der Waals surface area contributed by atoms with E-state index in [-0.39, 0.29) is 0 Å². The van der Waals surface area contributed by atoms with Crippen molar-refractivity contribution in [2.75, 3.05) is 4.90 Å². The number of rotatable bonds is 6. The molecule has 0 N–H and O–H groups in total. The molecule has 12 rings (SSSR count). The van der Waals surface area contributed by atoms with Crippen LogP contribution in [0.25, 0.3) is 91.5 Å². The Morgan fingerprint density at radius 2 is 0.983 bits per heavy atom. The fraction of sp³-hybridized carbons (Fsp3) is 0. The van der Waals surface area contributed by atoms with Crippen LogP contribution < -0.4 is 4.90 Å². The topological polar surface area (TPSA) is 8.17 Å². The number of para-hydroxylation sites is 3. The Morgan fingerprint density at radius 3 is 1.86 bits per heavy atom. The summed E-state index contributed by atoms with van der Waals surface area (Å²) in [5.74, 6) is 0. The number of thiophene rings is 1. The Kier molecular flexibility index (Phi) is 7.75. The van der Waals surface area contributed by atoms with E-state index in [1.165, 1.54) is 80.3 Å². The minimum atomic E-state index is 1.09. The summed E-state index contributed by atoms with van der Waals surface area (Å²) < 4.78 is 5.12. The largest absolute Gasteiger partial charge is 0.309 e. The average Bonchev–Trinajstić information content (AvgIpc) is 3.85. The number of fused-ring (bicyclic) bond motifs is 9. The summed E-state index contributed by atoms with van der Waals surface area (Å²) in [5.41, 5.74) is 11.7. The van der Waals surface area contributed by atoms with Crippen molar-refractivity contribution < 1.29 is 0 Å². The van der Waals surface area contributed by atoms with Crippen molar-refractivity contribution >= 4 is 91.9 Å². The number of anilines is 3. The number of benzene rings is 10. The van der Waals surface area contributed by atoms with Crippen molar-refractivity contribution in [3.63, 3.8) is 0 Å². The number of aromatic nitrogens is 1. The van der Waals surface area contributed by atoms with Crippen LogP contribution in [0.2, 0.25) is 0 Å². The molecule has 276 valence electrons. The third kappa shape index (κ3) is 5.33. The van der Waals surface area contributed by atoms with E-state index in [1.807, 2.05) is 11.3 Å². The van der Waals surface area contributed by atoms with Gasteiger partial charge in [0.05, 0.1) is 28.1 Å². The molecule has 10 aromatic carbocycles. The van der Waals surface area contributed by atoms with Gasteiger partial charge in [-0.1, -0.05) is 176 Å². The second kappa shape index (κ2) is 13.6. The zero-order chi connectivity index (χ0) is 38.9.